The first kappa shape index (κ1) is 18.9. The third kappa shape index (κ3) is 5.55. The highest BCUT2D eigenvalue weighted by Crippen LogP contribution is 2.22. The summed E-state index contributed by atoms with van der Waals surface area (Å²) < 4.78 is 0. The van der Waals surface area contributed by atoms with Crippen molar-refractivity contribution >= 4 is 23.6 Å². The van der Waals surface area contributed by atoms with E-state index in [-0.39, 0.29) is 17.2 Å². The maximum absolute atomic E-state index is 12.2. The minimum absolute atomic E-state index is 0.0944. The van der Waals surface area contributed by atoms with Gasteiger partial charge in [-0.3, -0.25) is 9.59 Å². The first-order valence-corrected chi connectivity index (χ1v) is 9.32. The van der Waals surface area contributed by atoms with Gasteiger partial charge >= 0.3 is 0 Å². The first-order chi connectivity index (χ1) is 12.8. The predicted octanol–water partition coefficient (Wildman–Crippen LogP) is 4.53. The summed E-state index contributed by atoms with van der Waals surface area (Å²) in [6.45, 7) is 6.51. The van der Waals surface area contributed by atoms with Crippen molar-refractivity contribution in [2.24, 2.45) is 0 Å². The van der Waals surface area contributed by atoms with Crippen LogP contribution in [0.2, 0.25) is 0 Å². The maximum atomic E-state index is 12.2. The van der Waals surface area contributed by atoms with Crippen LogP contribution >= 0.6 is 0 Å². The third-order valence-electron chi connectivity index (χ3n) is 4.51. The van der Waals surface area contributed by atoms with Gasteiger partial charge in [0.1, 0.15) is 0 Å². The third-order valence-corrected chi connectivity index (χ3v) is 4.51. The fourth-order valence-electron chi connectivity index (χ4n) is 2.68. The number of benzene rings is 2. The van der Waals surface area contributed by atoms with Gasteiger partial charge in [-0.15, -0.1) is 0 Å². The molecule has 3 rings (SSSR count). The van der Waals surface area contributed by atoms with Gasteiger partial charge in [0.05, 0.1) is 0 Å². The van der Waals surface area contributed by atoms with E-state index in [1.165, 1.54) is 11.6 Å². The number of carbonyl (C=O) groups excluding carboxylic acids is 2. The second-order valence-corrected chi connectivity index (χ2v) is 8.02. The second-order valence-electron chi connectivity index (χ2n) is 8.02. The average Bonchev–Trinajstić information content (AvgIpc) is 3.44. The number of amides is 2. The van der Waals surface area contributed by atoms with Crippen molar-refractivity contribution in [1.29, 1.82) is 0 Å². The van der Waals surface area contributed by atoms with Crippen LogP contribution in [-0.4, -0.2) is 17.9 Å². The maximum Gasteiger partial charge on any atom is 0.251 e. The highest BCUT2D eigenvalue weighted by Gasteiger charge is 2.23. The van der Waals surface area contributed by atoms with Gasteiger partial charge in [0.25, 0.3) is 5.91 Å². The Morgan fingerprint density at radius 3 is 2.37 bits per heavy atom. The van der Waals surface area contributed by atoms with Crippen molar-refractivity contribution in [3.8, 4) is 0 Å². The van der Waals surface area contributed by atoms with Gasteiger partial charge in [0, 0.05) is 23.4 Å². The summed E-state index contributed by atoms with van der Waals surface area (Å²) in [4.78, 5) is 24.3. The van der Waals surface area contributed by atoms with Crippen LogP contribution in [0.4, 0.5) is 5.69 Å². The molecule has 1 saturated carbocycles. The molecule has 0 aromatic heterocycles. The number of hydrogen-bond donors (Lipinski definition) is 2. The van der Waals surface area contributed by atoms with E-state index in [1.54, 1.807) is 30.3 Å². The van der Waals surface area contributed by atoms with Crippen LogP contribution in [-0.2, 0) is 10.2 Å². The molecular weight excluding hydrogens is 336 g/mol. The second kappa shape index (κ2) is 7.78. The molecule has 2 amide bonds. The van der Waals surface area contributed by atoms with Gasteiger partial charge in [-0.25, -0.2) is 0 Å². The number of nitrogens with one attached hydrogen (secondary N) is 2. The molecule has 0 heterocycles. The lowest BCUT2D eigenvalue weighted by molar-refractivity contribution is -0.111. The quantitative estimate of drug-likeness (QED) is 0.768. The van der Waals surface area contributed by atoms with Gasteiger partial charge < -0.3 is 10.6 Å². The Morgan fingerprint density at radius 2 is 1.74 bits per heavy atom. The lowest BCUT2D eigenvalue weighted by Gasteiger charge is -2.18. The Kier molecular flexibility index (Phi) is 5.45. The van der Waals surface area contributed by atoms with Crippen LogP contribution < -0.4 is 10.6 Å². The molecule has 0 saturated heterocycles. The van der Waals surface area contributed by atoms with Gasteiger partial charge in [-0.2, -0.15) is 0 Å². The molecular formula is C23H26N2O2. The SMILES string of the molecule is CC(C)(C)c1ccc(/C=C/C(=O)Nc2cccc(C(=O)NC3CC3)c2)cc1. The van der Waals surface area contributed by atoms with E-state index in [4.69, 9.17) is 0 Å². The van der Waals surface area contributed by atoms with Crippen LogP contribution in [0.15, 0.2) is 54.6 Å². The standard InChI is InChI=1S/C23H26N2O2/c1-23(2,3)18-10-7-16(8-11-18)9-14-21(26)24-20-6-4-5-17(15-20)22(27)25-19-12-13-19/h4-11,14-15,19H,12-13H2,1-3H3,(H,24,26)(H,25,27)/b14-9+. The Balaban J connectivity index is 1.60. The van der Waals surface area contributed by atoms with Crippen LogP contribution in [0.25, 0.3) is 6.08 Å². The van der Waals surface area contributed by atoms with Crippen molar-refractivity contribution < 1.29 is 9.59 Å². The first-order valence-electron chi connectivity index (χ1n) is 9.32. The molecule has 0 atom stereocenters. The van der Waals surface area contributed by atoms with Crippen LogP contribution in [0.3, 0.4) is 0 Å². The molecule has 1 fully saturated rings. The summed E-state index contributed by atoms with van der Waals surface area (Å²) in [7, 11) is 0. The average molecular weight is 362 g/mol. The summed E-state index contributed by atoms with van der Waals surface area (Å²) in [5.41, 5.74) is 3.50. The van der Waals surface area contributed by atoms with E-state index < -0.39 is 0 Å². The Labute approximate surface area is 160 Å². The van der Waals surface area contributed by atoms with E-state index in [1.807, 2.05) is 12.1 Å². The van der Waals surface area contributed by atoms with E-state index in [0.29, 0.717) is 17.3 Å². The molecule has 4 nitrogen and oxygen atoms in total. The van der Waals surface area contributed by atoms with E-state index in [2.05, 4.69) is 43.5 Å². The van der Waals surface area contributed by atoms with Gasteiger partial charge in [0.2, 0.25) is 5.91 Å². The van der Waals surface area contributed by atoms with Crippen LogP contribution in [0.1, 0.15) is 55.1 Å². The number of carbonyl (C=O) groups is 2. The minimum Gasteiger partial charge on any atom is -0.349 e. The molecule has 2 N–H and O–H groups in total. The molecule has 4 heteroatoms. The molecule has 2 aromatic rings. The molecule has 27 heavy (non-hydrogen) atoms. The predicted molar refractivity (Wildman–Crippen MR) is 110 cm³/mol. The van der Waals surface area contributed by atoms with Crippen molar-refractivity contribution in [3.05, 3.63) is 71.3 Å². The van der Waals surface area contributed by atoms with Crippen LogP contribution in [0.5, 0.6) is 0 Å². The normalized spacial score (nSPS) is 14.2. The Bertz CT molecular complexity index is 857. The molecule has 1 aliphatic rings. The zero-order valence-electron chi connectivity index (χ0n) is 16.1. The molecule has 0 bridgehead atoms. The van der Waals surface area contributed by atoms with Crippen LogP contribution in [0, 0.1) is 0 Å². The van der Waals surface area contributed by atoms with E-state index in [0.717, 1.165) is 18.4 Å². The minimum atomic E-state index is -0.227. The molecule has 0 unspecified atom stereocenters. The Hall–Kier alpha value is -2.88. The Morgan fingerprint density at radius 1 is 1.04 bits per heavy atom. The van der Waals surface area contributed by atoms with E-state index in [9.17, 15) is 9.59 Å². The smallest absolute Gasteiger partial charge is 0.251 e. The fourth-order valence-corrected chi connectivity index (χ4v) is 2.68. The van der Waals surface area contributed by atoms with Gasteiger partial charge in [-0.05, 0) is 53.7 Å². The lowest BCUT2D eigenvalue weighted by atomic mass is 9.87. The zero-order chi connectivity index (χ0) is 19.4. The zero-order valence-corrected chi connectivity index (χ0v) is 16.1. The topological polar surface area (TPSA) is 58.2 Å². The van der Waals surface area contributed by atoms with Crippen molar-refractivity contribution in [1.82, 2.24) is 5.32 Å². The number of hydrogen-bond acceptors (Lipinski definition) is 2. The number of anilines is 1. The lowest BCUT2D eigenvalue weighted by Crippen LogP contribution is -2.25. The van der Waals surface area contributed by atoms with Crippen molar-refractivity contribution in [3.63, 3.8) is 0 Å². The van der Waals surface area contributed by atoms with Gasteiger partial charge in [-0.1, -0.05) is 51.1 Å². The summed E-state index contributed by atoms with van der Waals surface area (Å²) >= 11 is 0. The summed E-state index contributed by atoms with van der Waals surface area (Å²) in [6, 6.07) is 15.5. The van der Waals surface area contributed by atoms with Crippen molar-refractivity contribution in [2.45, 2.75) is 45.1 Å². The molecule has 0 aliphatic heterocycles. The largest absolute Gasteiger partial charge is 0.349 e. The monoisotopic (exact) mass is 362 g/mol. The molecule has 2 aromatic carbocycles. The summed E-state index contributed by atoms with van der Waals surface area (Å²) in [6.07, 6.45) is 5.38. The molecule has 140 valence electrons. The summed E-state index contributed by atoms with van der Waals surface area (Å²) in [5, 5.41) is 5.75. The van der Waals surface area contributed by atoms with E-state index >= 15 is 0 Å². The van der Waals surface area contributed by atoms with Gasteiger partial charge in [0.15, 0.2) is 0 Å². The summed E-state index contributed by atoms with van der Waals surface area (Å²) in [5.74, 6) is -0.322. The number of rotatable bonds is 5. The molecule has 1 aliphatic carbocycles. The highest BCUT2D eigenvalue weighted by molar-refractivity contribution is 6.03. The highest BCUT2D eigenvalue weighted by atomic mass is 16.2. The fraction of sp³-hybridized carbons (Fsp3) is 0.304. The molecule has 0 spiro atoms. The van der Waals surface area contributed by atoms with Crippen molar-refractivity contribution in [2.75, 3.05) is 5.32 Å². The molecule has 0 radical (unpaired) electrons.